The van der Waals surface area contributed by atoms with Crippen molar-refractivity contribution in [2.24, 2.45) is 10.7 Å². The molecule has 1 heterocycles. The lowest BCUT2D eigenvalue weighted by Crippen LogP contribution is -2.56. The number of carbonyl (C=O) groups is 1. The maximum atomic E-state index is 11.8. The van der Waals surface area contributed by atoms with E-state index in [1.807, 2.05) is 18.2 Å². The molecule has 1 unspecified atom stereocenters. The van der Waals surface area contributed by atoms with E-state index in [-0.39, 0.29) is 18.2 Å². The van der Waals surface area contributed by atoms with Crippen molar-refractivity contribution in [2.45, 2.75) is 70.0 Å². The van der Waals surface area contributed by atoms with Gasteiger partial charge in [-0.2, -0.15) is 0 Å². The van der Waals surface area contributed by atoms with E-state index in [9.17, 15) is 4.79 Å². The van der Waals surface area contributed by atoms with Crippen molar-refractivity contribution in [3.05, 3.63) is 69.2 Å². The Bertz CT molecular complexity index is 1050. The molecule has 2 aromatic carbocycles. The Labute approximate surface area is 224 Å². The van der Waals surface area contributed by atoms with E-state index in [0.29, 0.717) is 28.7 Å². The first-order valence-electron chi connectivity index (χ1n) is 13.0. The Kier molecular flexibility index (Phi) is 9.52. The summed E-state index contributed by atoms with van der Waals surface area (Å²) in [4.78, 5) is 19.3. The number of hydrogen-bond acceptors (Lipinski definition) is 3. The van der Waals surface area contributed by atoms with E-state index >= 15 is 0 Å². The van der Waals surface area contributed by atoms with Gasteiger partial charge in [0.05, 0.1) is 6.54 Å². The Morgan fingerprint density at radius 1 is 1.17 bits per heavy atom. The average Bonchev–Trinajstić information content (AvgIpc) is 2.86. The summed E-state index contributed by atoms with van der Waals surface area (Å²) in [5, 5.41) is 8.39. The molecule has 6 nitrogen and oxygen atoms in total. The van der Waals surface area contributed by atoms with Crippen LogP contribution in [0.1, 0.15) is 68.1 Å². The lowest BCUT2D eigenvalue weighted by molar-refractivity contribution is -0.118. The first-order valence-corrected chi connectivity index (χ1v) is 13.8. The number of halogens is 2. The molecule has 2 aliphatic rings. The molecule has 2 fully saturated rings. The molecule has 0 radical (unpaired) electrons. The summed E-state index contributed by atoms with van der Waals surface area (Å²) in [6.07, 6.45) is 6.51. The van der Waals surface area contributed by atoms with Gasteiger partial charge in [0.2, 0.25) is 5.91 Å². The van der Waals surface area contributed by atoms with Crippen LogP contribution in [-0.2, 0) is 11.3 Å². The molecular formula is C28H37Cl2N5O. The molecule has 4 N–H and O–H groups in total. The molecule has 1 saturated carbocycles. The fourth-order valence-electron chi connectivity index (χ4n) is 5.21. The SMILES string of the molecule is C[C@H]1CN(C(=NCc2ccc(C(CC(N)=O)c3ccc(Cl)cc3Cl)cc2)NC2CCCCC2)CCN1. The van der Waals surface area contributed by atoms with Crippen LogP contribution in [0.3, 0.4) is 0 Å². The summed E-state index contributed by atoms with van der Waals surface area (Å²) < 4.78 is 0. The van der Waals surface area contributed by atoms with Crippen LogP contribution < -0.4 is 16.4 Å². The Hall–Kier alpha value is -2.28. The summed E-state index contributed by atoms with van der Waals surface area (Å²) in [5.41, 5.74) is 8.52. The van der Waals surface area contributed by atoms with Gasteiger partial charge >= 0.3 is 0 Å². The Morgan fingerprint density at radius 2 is 1.92 bits per heavy atom. The molecular weight excluding hydrogens is 493 g/mol. The third kappa shape index (κ3) is 7.37. The second-order valence-corrected chi connectivity index (χ2v) is 10.9. The maximum Gasteiger partial charge on any atom is 0.218 e. The number of benzene rings is 2. The summed E-state index contributed by atoms with van der Waals surface area (Å²) in [5.74, 6) is 0.415. The Morgan fingerprint density at radius 3 is 2.58 bits per heavy atom. The summed E-state index contributed by atoms with van der Waals surface area (Å²) >= 11 is 12.5. The highest BCUT2D eigenvalue weighted by atomic mass is 35.5. The number of piperazine rings is 1. The molecule has 36 heavy (non-hydrogen) atoms. The van der Waals surface area contributed by atoms with Crippen molar-refractivity contribution < 1.29 is 4.79 Å². The van der Waals surface area contributed by atoms with Crippen LogP contribution in [0.15, 0.2) is 47.5 Å². The zero-order chi connectivity index (χ0) is 25.5. The van der Waals surface area contributed by atoms with E-state index in [0.717, 1.165) is 42.3 Å². The molecule has 1 amide bonds. The molecule has 0 bridgehead atoms. The standard InChI is InChI=1S/C28H37Cl2N5O/c1-19-18-35(14-13-32-19)28(34-23-5-3-2-4-6-23)33-17-20-7-9-21(10-8-20)25(16-27(31)36)24-12-11-22(29)15-26(24)30/h7-12,15,19,23,25,32H,2-6,13-14,16-18H2,1H3,(H2,31,36)(H,33,34)/t19-,25?/m0/s1. The topological polar surface area (TPSA) is 82.8 Å². The zero-order valence-corrected chi connectivity index (χ0v) is 22.5. The molecule has 2 atom stereocenters. The first kappa shape index (κ1) is 26.8. The molecule has 1 aliphatic carbocycles. The maximum absolute atomic E-state index is 11.8. The van der Waals surface area contributed by atoms with E-state index in [1.165, 1.54) is 32.1 Å². The lowest BCUT2D eigenvalue weighted by atomic mass is 9.88. The molecule has 8 heteroatoms. The Balaban J connectivity index is 1.51. The van der Waals surface area contributed by atoms with Crippen molar-refractivity contribution in [3.63, 3.8) is 0 Å². The number of rotatable bonds is 7. The predicted molar refractivity (Wildman–Crippen MR) is 149 cm³/mol. The number of guanidine groups is 1. The van der Waals surface area contributed by atoms with Crippen molar-refractivity contribution in [3.8, 4) is 0 Å². The van der Waals surface area contributed by atoms with Crippen molar-refractivity contribution in [2.75, 3.05) is 19.6 Å². The quantitative estimate of drug-likeness (QED) is 0.345. The zero-order valence-electron chi connectivity index (χ0n) is 21.0. The van der Waals surface area contributed by atoms with Gasteiger partial charge in [-0.15, -0.1) is 0 Å². The minimum Gasteiger partial charge on any atom is -0.370 e. The average molecular weight is 531 g/mol. The predicted octanol–water partition coefficient (Wildman–Crippen LogP) is 5.07. The van der Waals surface area contributed by atoms with Crippen molar-refractivity contribution in [1.82, 2.24) is 15.5 Å². The van der Waals surface area contributed by atoms with Gasteiger partial charge in [0.25, 0.3) is 0 Å². The van der Waals surface area contributed by atoms with Gasteiger partial charge in [-0.3, -0.25) is 4.79 Å². The van der Waals surface area contributed by atoms with Crippen LogP contribution in [0.5, 0.6) is 0 Å². The molecule has 2 aromatic rings. The van der Waals surface area contributed by atoms with Gasteiger partial charge in [-0.25, -0.2) is 4.99 Å². The summed E-state index contributed by atoms with van der Waals surface area (Å²) in [6, 6.07) is 14.6. The van der Waals surface area contributed by atoms with E-state index < -0.39 is 0 Å². The van der Waals surface area contributed by atoms with E-state index in [2.05, 4.69) is 34.6 Å². The van der Waals surface area contributed by atoms with Gasteiger partial charge in [0.1, 0.15) is 0 Å². The molecule has 0 spiro atoms. The highest BCUT2D eigenvalue weighted by Crippen LogP contribution is 2.34. The molecule has 0 aromatic heterocycles. The van der Waals surface area contributed by atoms with Gasteiger partial charge in [-0.05, 0) is 48.6 Å². The fraction of sp³-hybridized carbons (Fsp3) is 0.500. The molecule has 194 valence electrons. The second-order valence-electron chi connectivity index (χ2n) is 10.1. The van der Waals surface area contributed by atoms with Crippen molar-refractivity contribution >= 4 is 35.1 Å². The van der Waals surface area contributed by atoms with Crippen molar-refractivity contribution in [1.29, 1.82) is 0 Å². The van der Waals surface area contributed by atoms with Crippen LogP contribution in [0.4, 0.5) is 0 Å². The van der Waals surface area contributed by atoms with Gasteiger partial charge < -0.3 is 21.3 Å². The number of nitrogens with zero attached hydrogens (tertiary/aromatic N) is 2. The first-order chi connectivity index (χ1) is 17.4. The van der Waals surface area contributed by atoms with Gasteiger partial charge in [0.15, 0.2) is 5.96 Å². The third-order valence-electron chi connectivity index (χ3n) is 7.14. The minimum atomic E-state index is -0.372. The smallest absolute Gasteiger partial charge is 0.218 e. The number of hydrogen-bond donors (Lipinski definition) is 3. The number of nitrogens with two attached hydrogens (primary N) is 1. The van der Waals surface area contributed by atoms with Gasteiger partial charge in [0, 0.05) is 54.1 Å². The number of aliphatic imine (C=N–C) groups is 1. The normalized spacial score (nSPS) is 20.2. The lowest BCUT2D eigenvalue weighted by Gasteiger charge is -2.36. The van der Waals surface area contributed by atoms with E-state index in [4.69, 9.17) is 33.9 Å². The number of primary amides is 1. The second kappa shape index (κ2) is 12.8. The third-order valence-corrected chi connectivity index (χ3v) is 7.71. The van der Waals surface area contributed by atoms with Crippen LogP contribution >= 0.6 is 23.2 Å². The van der Waals surface area contributed by atoms with Gasteiger partial charge in [-0.1, -0.05) is 72.8 Å². The number of carbonyl (C=O) groups excluding carboxylic acids is 1. The van der Waals surface area contributed by atoms with Crippen LogP contribution in [0, 0.1) is 0 Å². The minimum absolute atomic E-state index is 0.176. The molecule has 4 rings (SSSR count). The number of amides is 1. The summed E-state index contributed by atoms with van der Waals surface area (Å²) in [7, 11) is 0. The highest BCUT2D eigenvalue weighted by Gasteiger charge is 2.23. The largest absolute Gasteiger partial charge is 0.370 e. The number of nitrogens with one attached hydrogen (secondary N) is 2. The molecule has 1 aliphatic heterocycles. The monoisotopic (exact) mass is 529 g/mol. The van der Waals surface area contributed by atoms with Crippen LogP contribution in [0.25, 0.3) is 0 Å². The highest BCUT2D eigenvalue weighted by molar-refractivity contribution is 6.35. The fourth-order valence-corrected chi connectivity index (χ4v) is 5.75. The van der Waals surface area contributed by atoms with Crippen LogP contribution in [0.2, 0.25) is 10.0 Å². The van der Waals surface area contributed by atoms with E-state index in [1.54, 1.807) is 12.1 Å². The summed E-state index contributed by atoms with van der Waals surface area (Å²) in [6.45, 7) is 5.69. The van der Waals surface area contributed by atoms with Crippen LogP contribution in [-0.4, -0.2) is 48.5 Å². The molecule has 1 saturated heterocycles.